The first-order valence-corrected chi connectivity index (χ1v) is 10.3. The Morgan fingerprint density at radius 3 is 2.59 bits per heavy atom. The van der Waals surface area contributed by atoms with E-state index in [4.69, 9.17) is 10.6 Å². The van der Waals surface area contributed by atoms with Crippen molar-refractivity contribution in [3.05, 3.63) is 65.2 Å². The molecule has 154 valence electrons. The predicted octanol–water partition coefficient (Wildman–Crippen LogP) is 3.51. The van der Waals surface area contributed by atoms with Gasteiger partial charge in [-0.05, 0) is 61.7 Å². The van der Waals surface area contributed by atoms with Gasteiger partial charge >= 0.3 is 0 Å². The molecule has 1 saturated heterocycles. The number of rotatable bonds is 8. The normalized spacial score (nSPS) is 15.1. The van der Waals surface area contributed by atoms with Gasteiger partial charge in [0, 0.05) is 17.8 Å². The van der Waals surface area contributed by atoms with Gasteiger partial charge in [-0.3, -0.25) is 9.69 Å². The van der Waals surface area contributed by atoms with Gasteiger partial charge in [-0.25, -0.2) is 0 Å². The number of amides is 1. The van der Waals surface area contributed by atoms with E-state index in [-0.39, 0.29) is 18.3 Å². The molecule has 0 radical (unpaired) electrons. The molecule has 0 bridgehead atoms. The van der Waals surface area contributed by atoms with Crippen LogP contribution in [0.25, 0.3) is 0 Å². The van der Waals surface area contributed by atoms with Crippen LogP contribution in [0.2, 0.25) is 0 Å². The van der Waals surface area contributed by atoms with Crippen LogP contribution in [0, 0.1) is 0 Å². The molecule has 2 aromatic carbocycles. The van der Waals surface area contributed by atoms with Gasteiger partial charge in [-0.15, -0.1) is 0 Å². The Balaban J connectivity index is 1.49. The lowest BCUT2D eigenvalue weighted by atomic mass is 10.1. The molecule has 6 nitrogen and oxygen atoms in total. The van der Waals surface area contributed by atoms with E-state index < -0.39 is 0 Å². The maximum atomic E-state index is 12.0. The maximum absolute atomic E-state index is 12.0. The van der Waals surface area contributed by atoms with Gasteiger partial charge in [0.15, 0.2) is 12.4 Å². The Morgan fingerprint density at radius 2 is 1.86 bits per heavy atom. The topological polar surface area (TPSA) is 79.9 Å². The van der Waals surface area contributed by atoms with Crippen molar-refractivity contribution in [3.63, 3.8) is 0 Å². The van der Waals surface area contributed by atoms with E-state index in [9.17, 15) is 4.79 Å². The molecular weight excluding hydrogens is 364 g/mol. The summed E-state index contributed by atoms with van der Waals surface area (Å²) >= 11 is 0. The molecule has 0 unspecified atom stereocenters. The SMILES string of the molecule is CCc1ccc(NC(=O)CO/N=C(\N)c2cccc(CN3CCCCC3)c2)cc1. The number of carbonyl (C=O) groups is 1. The average molecular weight is 395 g/mol. The first-order valence-electron chi connectivity index (χ1n) is 10.3. The highest BCUT2D eigenvalue weighted by Gasteiger charge is 2.11. The van der Waals surface area contributed by atoms with Crippen LogP contribution in [0.3, 0.4) is 0 Å². The highest BCUT2D eigenvalue weighted by Crippen LogP contribution is 2.14. The van der Waals surface area contributed by atoms with Gasteiger partial charge in [0.05, 0.1) is 0 Å². The number of oxime groups is 1. The van der Waals surface area contributed by atoms with Crippen molar-refractivity contribution < 1.29 is 9.63 Å². The van der Waals surface area contributed by atoms with Crippen LogP contribution in [0.1, 0.15) is 42.9 Å². The van der Waals surface area contributed by atoms with Crippen molar-refractivity contribution in [2.75, 3.05) is 25.0 Å². The number of likely N-dealkylation sites (tertiary alicyclic amines) is 1. The summed E-state index contributed by atoms with van der Waals surface area (Å²) in [7, 11) is 0. The van der Waals surface area contributed by atoms with Gasteiger partial charge in [-0.1, -0.05) is 48.8 Å². The number of benzene rings is 2. The second kappa shape index (κ2) is 10.6. The molecule has 6 heteroatoms. The third-order valence-corrected chi connectivity index (χ3v) is 5.08. The van der Waals surface area contributed by atoms with Crippen molar-refractivity contribution in [3.8, 4) is 0 Å². The highest BCUT2D eigenvalue weighted by molar-refractivity contribution is 5.97. The summed E-state index contributed by atoms with van der Waals surface area (Å²) in [5.74, 6) is -0.00441. The second-order valence-electron chi connectivity index (χ2n) is 7.39. The van der Waals surface area contributed by atoms with Crippen LogP contribution >= 0.6 is 0 Å². The highest BCUT2D eigenvalue weighted by atomic mass is 16.6. The lowest BCUT2D eigenvalue weighted by Crippen LogP contribution is -2.29. The zero-order valence-corrected chi connectivity index (χ0v) is 17.1. The summed E-state index contributed by atoms with van der Waals surface area (Å²) in [6, 6.07) is 15.7. The number of nitrogens with one attached hydrogen (secondary N) is 1. The van der Waals surface area contributed by atoms with E-state index >= 15 is 0 Å². The molecule has 2 aromatic rings. The number of hydrogen-bond donors (Lipinski definition) is 2. The fourth-order valence-corrected chi connectivity index (χ4v) is 3.44. The summed E-state index contributed by atoms with van der Waals surface area (Å²) in [4.78, 5) is 19.6. The first kappa shape index (κ1) is 20.9. The fourth-order valence-electron chi connectivity index (χ4n) is 3.44. The number of carbonyl (C=O) groups excluding carboxylic acids is 1. The summed E-state index contributed by atoms with van der Waals surface area (Å²) in [6.45, 7) is 5.11. The number of anilines is 1. The standard InChI is InChI=1S/C23H30N4O2/c1-2-18-9-11-21(12-10-18)25-22(28)17-29-26-23(24)20-8-6-7-19(15-20)16-27-13-4-3-5-14-27/h6-12,15H,2-5,13-14,16-17H2,1H3,(H2,24,26)(H,25,28). The van der Waals surface area contributed by atoms with Crippen molar-refractivity contribution in [1.82, 2.24) is 4.90 Å². The molecule has 0 saturated carbocycles. The number of nitrogens with two attached hydrogens (primary N) is 1. The van der Waals surface area contributed by atoms with Crippen molar-refractivity contribution in [1.29, 1.82) is 0 Å². The van der Waals surface area contributed by atoms with Gasteiger partial charge in [0.2, 0.25) is 0 Å². The molecule has 3 N–H and O–H groups in total. The second-order valence-corrected chi connectivity index (χ2v) is 7.39. The van der Waals surface area contributed by atoms with Crippen LogP contribution < -0.4 is 11.1 Å². The van der Waals surface area contributed by atoms with Crippen LogP contribution in [0.4, 0.5) is 5.69 Å². The van der Waals surface area contributed by atoms with E-state index in [0.29, 0.717) is 0 Å². The molecule has 0 aromatic heterocycles. The lowest BCUT2D eigenvalue weighted by Gasteiger charge is -2.26. The van der Waals surface area contributed by atoms with Crippen LogP contribution in [-0.2, 0) is 22.6 Å². The number of piperidine rings is 1. The van der Waals surface area contributed by atoms with Crippen molar-refractivity contribution in [2.24, 2.45) is 10.9 Å². The van der Waals surface area contributed by atoms with Crippen LogP contribution in [0.15, 0.2) is 53.7 Å². The average Bonchev–Trinajstić information content (AvgIpc) is 2.75. The van der Waals surface area contributed by atoms with E-state index in [2.05, 4.69) is 28.4 Å². The Kier molecular flexibility index (Phi) is 7.64. The van der Waals surface area contributed by atoms with Crippen LogP contribution in [0.5, 0.6) is 0 Å². The largest absolute Gasteiger partial charge is 0.384 e. The molecule has 0 atom stereocenters. The molecule has 29 heavy (non-hydrogen) atoms. The summed E-state index contributed by atoms with van der Waals surface area (Å²) < 4.78 is 0. The smallest absolute Gasteiger partial charge is 0.265 e. The third kappa shape index (κ3) is 6.61. The van der Waals surface area contributed by atoms with Gasteiger partial charge in [0.1, 0.15) is 0 Å². The molecule has 1 aliphatic rings. The van der Waals surface area contributed by atoms with Gasteiger partial charge in [0.25, 0.3) is 5.91 Å². The lowest BCUT2D eigenvalue weighted by molar-refractivity contribution is -0.120. The summed E-state index contributed by atoms with van der Waals surface area (Å²) in [6.07, 6.45) is 4.82. The fraction of sp³-hybridized carbons (Fsp3) is 0.391. The summed E-state index contributed by atoms with van der Waals surface area (Å²) in [5, 5.41) is 6.69. The quantitative estimate of drug-likeness (QED) is 0.408. The molecule has 0 aliphatic carbocycles. The Hall–Kier alpha value is -2.86. The Labute approximate surface area is 172 Å². The van der Waals surface area contributed by atoms with E-state index in [1.807, 2.05) is 42.5 Å². The third-order valence-electron chi connectivity index (χ3n) is 5.08. The zero-order valence-electron chi connectivity index (χ0n) is 17.1. The Bertz CT molecular complexity index is 827. The predicted molar refractivity (Wildman–Crippen MR) is 117 cm³/mol. The summed E-state index contributed by atoms with van der Waals surface area (Å²) in [5.41, 5.74) is 10.0. The molecule has 0 spiro atoms. The molecule has 1 amide bonds. The first-order chi connectivity index (χ1) is 14.1. The molecule has 3 rings (SSSR count). The maximum Gasteiger partial charge on any atom is 0.265 e. The van der Waals surface area contributed by atoms with E-state index in [1.165, 1.54) is 30.4 Å². The molecule has 1 aliphatic heterocycles. The van der Waals surface area contributed by atoms with Crippen molar-refractivity contribution in [2.45, 2.75) is 39.2 Å². The Morgan fingerprint density at radius 1 is 1.10 bits per heavy atom. The van der Waals surface area contributed by atoms with E-state index in [0.717, 1.165) is 37.3 Å². The minimum absolute atomic E-state index is 0.191. The van der Waals surface area contributed by atoms with Gasteiger partial charge in [-0.2, -0.15) is 0 Å². The zero-order chi connectivity index (χ0) is 20.5. The monoisotopic (exact) mass is 394 g/mol. The van der Waals surface area contributed by atoms with E-state index in [1.54, 1.807) is 0 Å². The van der Waals surface area contributed by atoms with Crippen molar-refractivity contribution >= 4 is 17.4 Å². The number of hydrogen-bond acceptors (Lipinski definition) is 4. The number of amidine groups is 1. The minimum Gasteiger partial charge on any atom is -0.384 e. The van der Waals surface area contributed by atoms with Crippen LogP contribution in [-0.4, -0.2) is 36.3 Å². The van der Waals surface area contributed by atoms with Gasteiger partial charge < -0.3 is 15.9 Å². The molecule has 1 fully saturated rings. The minimum atomic E-state index is -0.273. The molecular formula is C23H30N4O2. The molecule has 1 heterocycles. The number of nitrogens with zero attached hydrogens (tertiary/aromatic N) is 2. The number of aryl methyl sites for hydroxylation is 1.